The van der Waals surface area contributed by atoms with Crippen molar-refractivity contribution in [3.63, 3.8) is 0 Å². The minimum Gasteiger partial charge on any atom is -0.294 e. The molecule has 2 aromatic heterocycles. The molecular weight excluding hydrogens is 334 g/mol. The summed E-state index contributed by atoms with van der Waals surface area (Å²) in [5.41, 5.74) is 2.54. The fourth-order valence-corrected chi connectivity index (χ4v) is 3.62. The largest absolute Gasteiger partial charge is 0.294 e. The molecule has 0 bridgehead atoms. The van der Waals surface area contributed by atoms with Crippen molar-refractivity contribution in [2.45, 2.75) is 24.7 Å². The van der Waals surface area contributed by atoms with Crippen LogP contribution in [0.5, 0.6) is 0 Å². The van der Waals surface area contributed by atoms with Crippen LogP contribution >= 0.6 is 23.1 Å². The predicted molar refractivity (Wildman–Crippen MR) is 102 cm³/mol. The van der Waals surface area contributed by atoms with Crippen molar-refractivity contribution < 1.29 is 0 Å². The van der Waals surface area contributed by atoms with Crippen LogP contribution in [0, 0.1) is 0 Å². The Morgan fingerprint density at radius 2 is 1.75 bits per heavy atom. The van der Waals surface area contributed by atoms with Gasteiger partial charge >= 0.3 is 0 Å². The van der Waals surface area contributed by atoms with Crippen LogP contribution < -0.4 is 0 Å². The summed E-state index contributed by atoms with van der Waals surface area (Å²) in [5, 5.41) is 2.97. The lowest BCUT2D eigenvalue weighted by Crippen LogP contribution is -2.25. The van der Waals surface area contributed by atoms with Crippen molar-refractivity contribution in [3.05, 3.63) is 76.2 Å². The molecule has 0 saturated carbocycles. The molecule has 1 aromatic carbocycles. The highest BCUT2D eigenvalue weighted by atomic mass is 32.2. The van der Waals surface area contributed by atoms with E-state index in [1.807, 2.05) is 30.0 Å². The van der Waals surface area contributed by atoms with Crippen molar-refractivity contribution in [3.8, 4) is 0 Å². The summed E-state index contributed by atoms with van der Waals surface area (Å²) in [6.45, 7) is 2.86. The van der Waals surface area contributed by atoms with Crippen LogP contribution in [0.15, 0.2) is 65.4 Å². The minimum atomic E-state index is 0.827. The fourth-order valence-electron chi connectivity index (χ4n) is 2.56. The predicted octanol–water partition coefficient (Wildman–Crippen LogP) is 4.50. The molecule has 2 heterocycles. The fraction of sp³-hybridized carbons (Fsp3) is 0.263. The highest BCUT2D eigenvalue weighted by Crippen LogP contribution is 2.15. The van der Waals surface area contributed by atoms with E-state index in [4.69, 9.17) is 0 Å². The maximum absolute atomic E-state index is 4.39. The third-order valence-corrected chi connectivity index (χ3v) is 5.23. The highest BCUT2D eigenvalue weighted by molar-refractivity contribution is 7.98. The Bertz CT molecular complexity index is 712. The normalized spacial score (nSPS) is 11.1. The Labute approximate surface area is 151 Å². The molecule has 0 fully saturated rings. The van der Waals surface area contributed by atoms with Gasteiger partial charge in [0.1, 0.15) is 0 Å². The van der Waals surface area contributed by atoms with Crippen molar-refractivity contribution in [1.82, 2.24) is 14.9 Å². The molecule has 0 N–H and O–H groups in total. The monoisotopic (exact) mass is 355 g/mol. The summed E-state index contributed by atoms with van der Waals surface area (Å²) in [6.07, 6.45) is 6.94. The number of rotatable bonds is 8. The van der Waals surface area contributed by atoms with Crippen LogP contribution in [0.4, 0.5) is 0 Å². The van der Waals surface area contributed by atoms with Crippen molar-refractivity contribution in [2.24, 2.45) is 0 Å². The smallest absolute Gasteiger partial charge is 0.187 e. The number of thioether (sulfide) groups is 1. The Balaban J connectivity index is 1.66. The lowest BCUT2D eigenvalue weighted by Gasteiger charge is -2.21. The SMILES string of the molecule is CSc1ncc(CN(CCc2ccccc2)Cc2cccs2)cn1. The van der Waals surface area contributed by atoms with Gasteiger partial charge in [-0.1, -0.05) is 48.2 Å². The first kappa shape index (κ1) is 17.1. The molecule has 3 rings (SSSR count). The zero-order chi connectivity index (χ0) is 16.6. The van der Waals surface area contributed by atoms with Gasteiger partial charge in [-0.3, -0.25) is 4.90 Å². The van der Waals surface area contributed by atoms with E-state index in [2.05, 4.69) is 62.7 Å². The van der Waals surface area contributed by atoms with Gasteiger partial charge in [0.05, 0.1) is 0 Å². The van der Waals surface area contributed by atoms with E-state index in [0.29, 0.717) is 0 Å². The van der Waals surface area contributed by atoms with E-state index in [9.17, 15) is 0 Å². The third-order valence-electron chi connectivity index (χ3n) is 3.79. The van der Waals surface area contributed by atoms with Gasteiger partial charge in [-0.2, -0.15) is 0 Å². The highest BCUT2D eigenvalue weighted by Gasteiger charge is 2.09. The summed E-state index contributed by atoms with van der Waals surface area (Å²) < 4.78 is 0. The van der Waals surface area contributed by atoms with E-state index in [-0.39, 0.29) is 0 Å². The molecule has 3 aromatic rings. The molecule has 3 nitrogen and oxygen atoms in total. The van der Waals surface area contributed by atoms with E-state index < -0.39 is 0 Å². The summed E-state index contributed by atoms with van der Waals surface area (Å²) >= 11 is 3.39. The van der Waals surface area contributed by atoms with Gasteiger partial charge in [-0.15, -0.1) is 11.3 Å². The van der Waals surface area contributed by atoms with Gasteiger partial charge in [-0.05, 0) is 29.7 Å². The average Bonchev–Trinajstić information content (AvgIpc) is 3.14. The molecule has 5 heteroatoms. The third kappa shape index (κ3) is 5.16. The van der Waals surface area contributed by atoms with E-state index in [0.717, 1.165) is 36.8 Å². The zero-order valence-corrected chi connectivity index (χ0v) is 15.4. The van der Waals surface area contributed by atoms with Gasteiger partial charge in [-0.25, -0.2) is 9.97 Å². The first-order valence-corrected chi connectivity index (χ1v) is 10.1. The standard InChI is InChI=1S/C19H21N3S2/c1-23-19-20-12-17(13-21-19)14-22(15-18-8-5-11-24-18)10-9-16-6-3-2-4-7-16/h2-8,11-13H,9-10,14-15H2,1H3. The van der Waals surface area contributed by atoms with E-state index >= 15 is 0 Å². The van der Waals surface area contributed by atoms with Gasteiger partial charge in [0.2, 0.25) is 0 Å². The van der Waals surface area contributed by atoms with Crippen LogP contribution in [-0.2, 0) is 19.5 Å². The molecule has 0 saturated heterocycles. The molecule has 124 valence electrons. The van der Waals surface area contributed by atoms with Gasteiger partial charge < -0.3 is 0 Å². The second kappa shape index (κ2) is 8.97. The topological polar surface area (TPSA) is 29.0 Å². The van der Waals surface area contributed by atoms with Crippen LogP contribution in [0.1, 0.15) is 16.0 Å². The number of aromatic nitrogens is 2. The second-order valence-electron chi connectivity index (χ2n) is 5.60. The van der Waals surface area contributed by atoms with Gasteiger partial charge in [0.15, 0.2) is 5.16 Å². The molecule has 0 spiro atoms. The number of thiophene rings is 1. The van der Waals surface area contributed by atoms with Gasteiger partial charge in [0, 0.05) is 42.5 Å². The van der Waals surface area contributed by atoms with Crippen LogP contribution in [0.25, 0.3) is 0 Å². The van der Waals surface area contributed by atoms with Crippen LogP contribution in [0.3, 0.4) is 0 Å². The average molecular weight is 356 g/mol. The minimum absolute atomic E-state index is 0.827. The number of nitrogens with zero attached hydrogens (tertiary/aromatic N) is 3. The molecule has 0 aliphatic rings. The molecular formula is C19H21N3S2. The molecule has 0 radical (unpaired) electrons. The molecule has 0 amide bonds. The summed E-state index contributed by atoms with van der Waals surface area (Å²) in [7, 11) is 0. The Kier molecular flexibility index (Phi) is 6.41. The zero-order valence-electron chi connectivity index (χ0n) is 13.8. The lowest BCUT2D eigenvalue weighted by molar-refractivity contribution is 0.261. The lowest BCUT2D eigenvalue weighted by atomic mass is 10.1. The molecule has 0 atom stereocenters. The van der Waals surface area contributed by atoms with E-state index in [1.54, 1.807) is 11.8 Å². The van der Waals surface area contributed by atoms with Gasteiger partial charge in [0.25, 0.3) is 0 Å². The molecule has 0 aliphatic heterocycles. The maximum atomic E-state index is 4.39. The first-order chi connectivity index (χ1) is 11.8. The van der Waals surface area contributed by atoms with Crippen molar-refractivity contribution in [2.75, 3.05) is 12.8 Å². The number of hydrogen-bond donors (Lipinski definition) is 0. The Hall–Kier alpha value is -1.69. The first-order valence-electron chi connectivity index (χ1n) is 7.97. The number of benzene rings is 1. The maximum Gasteiger partial charge on any atom is 0.187 e. The van der Waals surface area contributed by atoms with E-state index in [1.165, 1.54) is 10.4 Å². The second-order valence-corrected chi connectivity index (χ2v) is 7.41. The molecule has 0 aliphatic carbocycles. The van der Waals surface area contributed by atoms with Crippen LogP contribution in [-0.4, -0.2) is 27.7 Å². The Morgan fingerprint density at radius 3 is 2.42 bits per heavy atom. The van der Waals surface area contributed by atoms with Crippen molar-refractivity contribution >= 4 is 23.1 Å². The summed E-state index contributed by atoms with van der Waals surface area (Å²) in [5.74, 6) is 0. The van der Waals surface area contributed by atoms with Crippen LogP contribution in [0.2, 0.25) is 0 Å². The van der Waals surface area contributed by atoms with Crippen molar-refractivity contribution in [1.29, 1.82) is 0 Å². The number of hydrogen-bond acceptors (Lipinski definition) is 5. The summed E-state index contributed by atoms with van der Waals surface area (Å²) in [6, 6.07) is 15.0. The summed E-state index contributed by atoms with van der Waals surface area (Å²) in [4.78, 5) is 12.6. The Morgan fingerprint density at radius 1 is 0.958 bits per heavy atom. The molecule has 24 heavy (non-hydrogen) atoms. The quantitative estimate of drug-likeness (QED) is 0.439. The molecule has 0 unspecified atom stereocenters.